The third-order valence-corrected chi connectivity index (χ3v) is 6.31. The van der Waals surface area contributed by atoms with Gasteiger partial charge in [0, 0.05) is 17.7 Å². The molecule has 3 aromatic carbocycles. The van der Waals surface area contributed by atoms with Crippen molar-refractivity contribution >= 4 is 5.78 Å². The number of phenolic OH excluding ortho intramolecular Hbond substituents is 4. The Kier molecular flexibility index (Phi) is 5.34. The molecule has 35 heavy (non-hydrogen) atoms. The van der Waals surface area contributed by atoms with Crippen LogP contribution in [0, 0.1) is 0 Å². The summed E-state index contributed by atoms with van der Waals surface area (Å²) in [5.41, 5.74) is 0.976. The van der Waals surface area contributed by atoms with Gasteiger partial charge in [-0.05, 0) is 35.4 Å². The summed E-state index contributed by atoms with van der Waals surface area (Å²) in [5, 5.41) is 61.3. The molecule has 182 valence electrons. The quantitative estimate of drug-likeness (QED) is 0.325. The first-order valence-corrected chi connectivity index (χ1v) is 10.7. The summed E-state index contributed by atoms with van der Waals surface area (Å²) in [6, 6.07) is 9.56. The number of aliphatic hydroxyl groups excluding tert-OH is 2. The van der Waals surface area contributed by atoms with Gasteiger partial charge in [0.2, 0.25) is 5.78 Å². The van der Waals surface area contributed by atoms with Gasteiger partial charge >= 0.3 is 0 Å². The van der Waals surface area contributed by atoms with Crippen molar-refractivity contribution in [1.82, 2.24) is 0 Å². The molecule has 4 atom stereocenters. The number of ether oxygens (including phenoxy) is 3. The van der Waals surface area contributed by atoms with Crippen LogP contribution in [0.3, 0.4) is 0 Å². The first-order chi connectivity index (χ1) is 16.7. The average molecular weight is 482 g/mol. The number of carbonyl (C=O) groups excluding carboxylic acids is 1. The maximum Gasteiger partial charge on any atom is 0.202 e. The number of phenols is 4. The highest BCUT2D eigenvalue weighted by Gasteiger charge is 2.42. The number of ketones is 1. The fourth-order valence-electron chi connectivity index (χ4n) is 4.63. The third kappa shape index (κ3) is 3.54. The van der Waals surface area contributed by atoms with Crippen molar-refractivity contribution in [3.63, 3.8) is 0 Å². The van der Waals surface area contributed by atoms with Crippen LogP contribution in [0.15, 0.2) is 42.5 Å². The SMILES string of the molecule is COc1cc([C@H]2Oc3c(O)cc([C@H]4Oc5cc(O)cc(O)c5C(=O)[C@@H]4O)cc3[C@@H]2CO)ccc1O. The zero-order valence-corrected chi connectivity index (χ0v) is 18.4. The summed E-state index contributed by atoms with van der Waals surface area (Å²) in [5.74, 6) is -2.45. The number of aliphatic hydroxyl groups is 2. The molecule has 0 bridgehead atoms. The number of carbonyl (C=O) groups is 1. The molecule has 0 saturated heterocycles. The van der Waals surface area contributed by atoms with Gasteiger partial charge in [0.1, 0.15) is 28.9 Å². The molecular formula is C25H22O10. The van der Waals surface area contributed by atoms with Crippen molar-refractivity contribution in [1.29, 1.82) is 0 Å². The molecule has 0 unspecified atom stereocenters. The Labute approximate surface area is 198 Å². The lowest BCUT2D eigenvalue weighted by Gasteiger charge is -2.30. The molecule has 0 saturated carbocycles. The van der Waals surface area contributed by atoms with Crippen LogP contribution in [0.2, 0.25) is 0 Å². The van der Waals surface area contributed by atoms with E-state index in [0.717, 1.165) is 12.1 Å². The second kappa shape index (κ2) is 8.26. The third-order valence-electron chi connectivity index (χ3n) is 6.31. The van der Waals surface area contributed by atoms with Gasteiger partial charge in [-0.1, -0.05) is 6.07 Å². The highest BCUT2D eigenvalue weighted by molar-refractivity contribution is 6.05. The monoisotopic (exact) mass is 482 g/mol. The molecule has 2 aliphatic rings. The number of aromatic hydroxyl groups is 4. The Morgan fingerprint density at radius 2 is 1.66 bits per heavy atom. The first kappa shape index (κ1) is 22.6. The Balaban J connectivity index is 1.54. The van der Waals surface area contributed by atoms with Gasteiger partial charge in [-0.15, -0.1) is 0 Å². The molecule has 2 aliphatic heterocycles. The summed E-state index contributed by atoms with van der Waals surface area (Å²) < 4.78 is 16.9. The molecule has 10 heteroatoms. The van der Waals surface area contributed by atoms with E-state index in [2.05, 4.69) is 0 Å². The second-order valence-electron chi connectivity index (χ2n) is 8.40. The fraction of sp³-hybridized carbons (Fsp3) is 0.240. The highest BCUT2D eigenvalue weighted by atomic mass is 16.5. The van der Waals surface area contributed by atoms with Gasteiger partial charge < -0.3 is 44.8 Å². The minimum Gasteiger partial charge on any atom is -0.508 e. The lowest BCUT2D eigenvalue weighted by atomic mass is 9.87. The molecule has 10 nitrogen and oxygen atoms in total. The number of benzene rings is 3. The molecule has 0 spiro atoms. The average Bonchev–Trinajstić information content (AvgIpc) is 3.20. The van der Waals surface area contributed by atoms with Gasteiger partial charge in [-0.2, -0.15) is 0 Å². The summed E-state index contributed by atoms with van der Waals surface area (Å²) in [7, 11) is 1.40. The topological polar surface area (TPSA) is 166 Å². The second-order valence-corrected chi connectivity index (χ2v) is 8.40. The van der Waals surface area contributed by atoms with Crippen LogP contribution in [0.1, 0.15) is 45.2 Å². The molecule has 5 rings (SSSR count). The van der Waals surface area contributed by atoms with E-state index in [0.29, 0.717) is 11.1 Å². The minimum absolute atomic E-state index is 0.0668. The van der Waals surface area contributed by atoms with Gasteiger partial charge in [-0.25, -0.2) is 0 Å². The van der Waals surface area contributed by atoms with Crippen molar-refractivity contribution in [2.75, 3.05) is 13.7 Å². The summed E-state index contributed by atoms with van der Waals surface area (Å²) in [6.07, 6.45) is -3.69. The van der Waals surface area contributed by atoms with Crippen molar-refractivity contribution in [2.24, 2.45) is 0 Å². The predicted octanol–water partition coefficient (Wildman–Crippen LogP) is 2.40. The van der Waals surface area contributed by atoms with Gasteiger partial charge in [0.25, 0.3) is 0 Å². The standard InChI is InChI=1S/C25H22O10/c1-33-18-6-10(2-3-15(18)28)23-14(9-26)13-4-11(5-17(30)25(13)35-23)24-22(32)21(31)20-16(29)7-12(27)8-19(20)34-24/h2-8,14,22-24,26-30,32H,9H2,1H3/t14-,22-,23+,24+/m0/s1. The Bertz CT molecular complexity index is 1330. The van der Waals surface area contributed by atoms with E-state index >= 15 is 0 Å². The molecule has 6 N–H and O–H groups in total. The van der Waals surface area contributed by atoms with E-state index < -0.39 is 35.8 Å². The number of hydrogen-bond donors (Lipinski definition) is 6. The van der Waals surface area contributed by atoms with Crippen molar-refractivity contribution < 1.29 is 49.6 Å². The van der Waals surface area contributed by atoms with Gasteiger partial charge in [0.05, 0.1) is 19.6 Å². The summed E-state index contributed by atoms with van der Waals surface area (Å²) >= 11 is 0. The molecule has 0 aromatic heterocycles. The van der Waals surface area contributed by atoms with Crippen LogP contribution in [0.4, 0.5) is 0 Å². The van der Waals surface area contributed by atoms with Crippen LogP contribution in [-0.2, 0) is 0 Å². The number of hydrogen-bond acceptors (Lipinski definition) is 10. The zero-order valence-electron chi connectivity index (χ0n) is 18.4. The number of Topliss-reactive ketones (excluding diaryl/α,β-unsaturated/α-hetero) is 1. The fourth-order valence-corrected chi connectivity index (χ4v) is 4.63. The van der Waals surface area contributed by atoms with Gasteiger partial charge in [-0.3, -0.25) is 4.79 Å². The molecular weight excluding hydrogens is 460 g/mol. The minimum atomic E-state index is -1.71. The van der Waals surface area contributed by atoms with Crippen molar-refractivity contribution in [3.05, 3.63) is 64.7 Å². The predicted molar refractivity (Wildman–Crippen MR) is 119 cm³/mol. The maximum atomic E-state index is 12.8. The lowest BCUT2D eigenvalue weighted by Crippen LogP contribution is -2.36. The van der Waals surface area contributed by atoms with Gasteiger partial charge in [0.15, 0.2) is 35.2 Å². The molecule has 2 heterocycles. The number of rotatable bonds is 4. The van der Waals surface area contributed by atoms with Crippen LogP contribution in [0.5, 0.6) is 40.2 Å². The van der Waals surface area contributed by atoms with E-state index in [-0.39, 0.29) is 52.2 Å². The van der Waals surface area contributed by atoms with Crippen molar-refractivity contribution in [2.45, 2.75) is 24.2 Å². The molecule has 0 radical (unpaired) electrons. The van der Waals surface area contributed by atoms with Crippen LogP contribution < -0.4 is 14.2 Å². The molecule has 0 fully saturated rings. The normalized spacial score (nSPS) is 22.7. The lowest BCUT2D eigenvalue weighted by molar-refractivity contribution is 0.0209. The van der Waals surface area contributed by atoms with E-state index in [1.807, 2.05) is 0 Å². The van der Waals surface area contributed by atoms with E-state index in [9.17, 15) is 35.4 Å². The Hall–Kier alpha value is -4.15. The number of methoxy groups -OCH3 is 1. The van der Waals surface area contributed by atoms with E-state index in [4.69, 9.17) is 14.2 Å². The molecule has 0 amide bonds. The maximum absolute atomic E-state index is 12.8. The molecule has 3 aromatic rings. The molecule has 0 aliphatic carbocycles. The summed E-state index contributed by atoms with van der Waals surface area (Å²) in [6.45, 7) is -0.360. The zero-order chi connectivity index (χ0) is 25.0. The van der Waals surface area contributed by atoms with Crippen LogP contribution in [0.25, 0.3) is 0 Å². The van der Waals surface area contributed by atoms with Crippen molar-refractivity contribution in [3.8, 4) is 40.2 Å². The largest absolute Gasteiger partial charge is 0.508 e. The van der Waals surface area contributed by atoms with Crippen LogP contribution in [-0.4, -0.2) is 56.2 Å². The first-order valence-electron chi connectivity index (χ1n) is 10.7. The summed E-state index contributed by atoms with van der Waals surface area (Å²) in [4.78, 5) is 12.8. The number of fused-ring (bicyclic) bond motifs is 2. The smallest absolute Gasteiger partial charge is 0.202 e. The van der Waals surface area contributed by atoms with E-state index in [1.54, 1.807) is 18.2 Å². The van der Waals surface area contributed by atoms with Crippen LogP contribution >= 0.6 is 0 Å². The Morgan fingerprint density at radius 3 is 2.37 bits per heavy atom. The Morgan fingerprint density at radius 1 is 0.886 bits per heavy atom. The van der Waals surface area contributed by atoms with E-state index in [1.165, 1.54) is 19.2 Å². The highest BCUT2D eigenvalue weighted by Crippen LogP contribution is 2.52.